The third kappa shape index (κ3) is 2.74. The molecule has 3 nitrogen and oxygen atoms in total. The number of nitriles is 2. The summed E-state index contributed by atoms with van der Waals surface area (Å²) < 4.78 is 4.97. The number of rotatable bonds is 2. The Kier molecular flexibility index (Phi) is 3.74. The normalized spacial score (nSPS) is 8.53. The highest BCUT2D eigenvalue weighted by Crippen LogP contribution is 2.25. The maximum Gasteiger partial charge on any atom is 0.137 e. The van der Waals surface area contributed by atoms with Crippen LogP contribution in [0.25, 0.3) is 6.08 Å². The zero-order chi connectivity index (χ0) is 11.3. The third-order valence-electron chi connectivity index (χ3n) is 1.73. The summed E-state index contributed by atoms with van der Waals surface area (Å²) in [5.41, 5.74) is 0.732. The number of allylic oxidation sites excluding steroid dienone is 1. The lowest BCUT2D eigenvalue weighted by Crippen LogP contribution is -1.84. The van der Waals surface area contributed by atoms with E-state index in [1.54, 1.807) is 30.3 Å². The fourth-order valence-corrected chi connectivity index (χ4v) is 1.29. The lowest BCUT2D eigenvalue weighted by molar-refractivity contribution is 0.415. The molecule has 0 atom stereocenters. The number of ether oxygens (including phenoxy) is 1. The number of hydrogen-bond acceptors (Lipinski definition) is 3. The molecule has 15 heavy (non-hydrogen) atoms. The molecule has 0 spiro atoms. The van der Waals surface area contributed by atoms with Gasteiger partial charge in [-0.25, -0.2) is 0 Å². The van der Waals surface area contributed by atoms with Crippen molar-refractivity contribution in [2.24, 2.45) is 0 Å². The van der Waals surface area contributed by atoms with Crippen LogP contribution in [0.2, 0.25) is 5.02 Å². The van der Waals surface area contributed by atoms with Gasteiger partial charge in [-0.2, -0.15) is 10.5 Å². The van der Waals surface area contributed by atoms with Crippen LogP contribution in [0.1, 0.15) is 5.56 Å². The molecule has 1 rings (SSSR count). The highest BCUT2D eigenvalue weighted by atomic mass is 35.5. The lowest BCUT2D eigenvalue weighted by atomic mass is 10.1. The minimum atomic E-state index is 0.0382. The summed E-state index contributed by atoms with van der Waals surface area (Å²) >= 11 is 5.88. The maximum absolute atomic E-state index is 8.56. The summed E-state index contributed by atoms with van der Waals surface area (Å²) in [6, 6.07) is 8.58. The summed E-state index contributed by atoms with van der Waals surface area (Å²) in [7, 11) is 1.52. The molecular formula is C11H7ClN2O. The molecule has 0 saturated carbocycles. The average Bonchev–Trinajstić information content (AvgIpc) is 2.26. The van der Waals surface area contributed by atoms with Gasteiger partial charge in [-0.05, 0) is 23.8 Å². The summed E-state index contributed by atoms with van der Waals surface area (Å²) in [5.74, 6) is 0.560. The number of benzene rings is 1. The van der Waals surface area contributed by atoms with E-state index in [-0.39, 0.29) is 5.57 Å². The Morgan fingerprint density at radius 3 is 2.53 bits per heavy atom. The Morgan fingerprint density at radius 2 is 2.07 bits per heavy atom. The molecule has 0 fully saturated rings. The molecular weight excluding hydrogens is 212 g/mol. The van der Waals surface area contributed by atoms with Gasteiger partial charge in [0.15, 0.2) is 0 Å². The topological polar surface area (TPSA) is 56.8 Å². The molecule has 0 aliphatic carbocycles. The van der Waals surface area contributed by atoms with E-state index in [9.17, 15) is 0 Å². The highest BCUT2D eigenvalue weighted by molar-refractivity contribution is 6.32. The quantitative estimate of drug-likeness (QED) is 0.718. The van der Waals surface area contributed by atoms with Crippen molar-refractivity contribution in [3.63, 3.8) is 0 Å². The lowest BCUT2D eigenvalue weighted by Gasteiger charge is -2.02. The van der Waals surface area contributed by atoms with Gasteiger partial charge in [0.2, 0.25) is 0 Å². The van der Waals surface area contributed by atoms with Gasteiger partial charge in [0, 0.05) is 0 Å². The van der Waals surface area contributed by atoms with Crippen LogP contribution in [-0.4, -0.2) is 7.11 Å². The van der Waals surface area contributed by atoms with Crippen LogP contribution in [-0.2, 0) is 0 Å². The Hall–Kier alpha value is -1.97. The van der Waals surface area contributed by atoms with E-state index in [1.165, 1.54) is 13.2 Å². The van der Waals surface area contributed by atoms with Crippen molar-refractivity contribution in [1.29, 1.82) is 10.5 Å². The molecule has 0 aliphatic rings. The Labute approximate surface area is 92.8 Å². The molecule has 4 heteroatoms. The first-order valence-electron chi connectivity index (χ1n) is 4.06. The minimum Gasteiger partial charge on any atom is -0.495 e. The van der Waals surface area contributed by atoms with Gasteiger partial charge < -0.3 is 4.74 Å². The summed E-state index contributed by atoms with van der Waals surface area (Å²) in [6.45, 7) is 0. The van der Waals surface area contributed by atoms with Gasteiger partial charge in [0.1, 0.15) is 23.5 Å². The standard InChI is InChI=1S/C11H7ClN2O/c1-15-11-3-2-8(5-10(11)12)4-9(6-13)7-14/h2-5H,1H3. The van der Waals surface area contributed by atoms with Crippen molar-refractivity contribution >= 4 is 17.7 Å². The maximum atomic E-state index is 8.56. The van der Waals surface area contributed by atoms with Crippen molar-refractivity contribution in [3.8, 4) is 17.9 Å². The SMILES string of the molecule is COc1ccc(C=C(C#N)C#N)cc1Cl. The monoisotopic (exact) mass is 218 g/mol. The van der Waals surface area contributed by atoms with Gasteiger partial charge in [-0.15, -0.1) is 0 Å². The second-order valence-electron chi connectivity index (χ2n) is 2.68. The smallest absolute Gasteiger partial charge is 0.137 e. The predicted molar refractivity (Wildman–Crippen MR) is 57.2 cm³/mol. The molecule has 0 aromatic heterocycles. The van der Waals surface area contributed by atoms with Crippen LogP contribution < -0.4 is 4.74 Å². The Balaban J connectivity index is 3.11. The molecule has 1 aromatic carbocycles. The number of halogens is 1. The molecule has 1 aromatic rings. The van der Waals surface area contributed by atoms with Crippen molar-refractivity contribution in [1.82, 2.24) is 0 Å². The van der Waals surface area contributed by atoms with Crippen LogP contribution in [0.4, 0.5) is 0 Å². The molecule has 0 unspecified atom stereocenters. The highest BCUT2D eigenvalue weighted by Gasteiger charge is 2.01. The zero-order valence-electron chi connectivity index (χ0n) is 7.99. The van der Waals surface area contributed by atoms with Crippen molar-refractivity contribution < 1.29 is 4.74 Å². The predicted octanol–water partition coefficient (Wildman–Crippen LogP) is 2.78. The molecule has 0 bridgehead atoms. The molecule has 74 valence electrons. The average molecular weight is 219 g/mol. The van der Waals surface area contributed by atoms with E-state index in [0.29, 0.717) is 16.3 Å². The van der Waals surface area contributed by atoms with E-state index < -0.39 is 0 Å². The van der Waals surface area contributed by atoms with Crippen molar-refractivity contribution in [2.75, 3.05) is 7.11 Å². The van der Waals surface area contributed by atoms with E-state index in [2.05, 4.69) is 0 Å². The summed E-state index contributed by atoms with van der Waals surface area (Å²) in [6.07, 6.45) is 1.46. The first kappa shape index (κ1) is 11.1. The van der Waals surface area contributed by atoms with Gasteiger partial charge in [0.05, 0.1) is 12.1 Å². The first-order valence-corrected chi connectivity index (χ1v) is 4.44. The number of nitrogens with zero attached hydrogens (tertiary/aromatic N) is 2. The fourth-order valence-electron chi connectivity index (χ4n) is 1.03. The van der Waals surface area contributed by atoms with Gasteiger partial charge >= 0.3 is 0 Å². The van der Waals surface area contributed by atoms with E-state index in [0.717, 1.165) is 0 Å². The Morgan fingerprint density at radius 1 is 1.40 bits per heavy atom. The molecule has 0 N–H and O–H groups in total. The minimum absolute atomic E-state index is 0.0382. The fraction of sp³-hybridized carbons (Fsp3) is 0.0909. The van der Waals surface area contributed by atoms with Crippen LogP contribution in [0.5, 0.6) is 5.75 Å². The van der Waals surface area contributed by atoms with Crippen LogP contribution >= 0.6 is 11.6 Å². The third-order valence-corrected chi connectivity index (χ3v) is 2.02. The van der Waals surface area contributed by atoms with Crippen LogP contribution in [0.15, 0.2) is 23.8 Å². The summed E-state index contributed by atoms with van der Waals surface area (Å²) in [4.78, 5) is 0. The molecule has 0 aliphatic heterocycles. The molecule has 0 saturated heterocycles. The first-order chi connectivity index (χ1) is 7.21. The van der Waals surface area contributed by atoms with Gasteiger partial charge in [-0.1, -0.05) is 17.7 Å². The molecule has 0 amide bonds. The largest absolute Gasteiger partial charge is 0.495 e. The number of hydrogen-bond donors (Lipinski definition) is 0. The van der Waals surface area contributed by atoms with Crippen LogP contribution in [0, 0.1) is 22.7 Å². The Bertz CT molecular complexity index is 464. The van der Waals surface area contributed by atoms with E-state index >= 15 is 0 Å². The molecule has 0 radical (unpaired) electrons. The van der Waals surface area contributed by atoms with E-state index in [1.807, 2.05) is 0 Å². The van der Waals surface area contributed by atoms with Crippen LogP contribution in [0.3, 0.4) is 0 Å². The summed E-state index contributed by atoms with van der Waals surface area (Å²) in [5, 5.41) is 17.6. The second kappa shape index (κ2) is 5.05. The zero-order valence-corrected chi connectivity index (χ0v) is 8.75. The van der Waals surface area contributed by atoms with Crippen molar-refractivity contribution in [3.05, 3.63) is 34.4 Å². The second-order valence-corrected chi connectivity index (χ2v) is 3.08. The number of methoxy groups -OCH3 is 1. The molecule has 0 heterocycles. The van der Waals surface area contributed by atoms with E-state index in [4.69, 9.17) is 26.9 Å². The van der Waals surface area contributed by atoms with Gasteiger partial charge in [-0.3, -0.25) is 0 Å². The van der Waals surface area contributed by atoms with Crippen molar-refractivity contribution in [2.45, 2.75) is 0 Å². The van der Waals surface area contributed by atoms with Gasteiger partial charge in [0.25, 0.3) is 0 Å².